The van der Waals surface area contributed by atoms with Crippen molar-refractivity contribution >= 4 is 76.5 Å². The number of halogens is 2. The van der Waals surface area contributed by atoms with Crippen molar-refractivity contribution < 1.29 is 14.6 Å². The second-order valence-electron chi connectivity index (χ2n) is 18.0. The molecule has 0 saturated carbocycles. The number of carbonyl (C=O) groups is 2. The van der Waals surface area contributed by atoms with Crippen LogP contribution in [0.25, 0.3) is 0 Å². The minimum Gasteiger partial charge on any atom is -0.433 e. The highest BCUT2D eigenvalue weighted by atomic mass is 35.5. The molecule has 6 heterocycles. The summed E-state index contributed by atoms with van der Waals surface area (Å²) >= 11 is 12.0. The first-order chi connectivity index (χ1) is 31.3. The minimum absolute atomic E-state index is 0.109. The molecule has 18 heteroatoms. The Morgan fingerprint density at radius 1 is 0.631 bits per heavy atom. The fourth-order valence-corrected chi connectivity index (χ4v) is 9.79. The second-order valence-corrected chi connectivity index (χ2v) is 18.9. The van der Waals surface area contributed by atoms with E-state index in [9.17, 15) is 14.6 Å². The van der Waals surface area contributed by atoms with Gasteiger partial charge < -0.3 is 47.9 Å². The van der Waals surface area contributed by atoms with Gasteiger partial charge in [-0.2, -0.15) is 0 Å². The Labute approximate surface area is 393 Å². The van der Waals surface area contributed by atoms with Crippen molar-refractivity contribution in [2.45, 2.75) is 83.4 Å². The highest BCUT2D eigenvalue weighted by molar-refractivity contribution is 6.52. The fourth-order valence-electron chi connectivity index (χ4n) is 9.43. The summed E-state index contributed by atoms with van der Waals surface area (Å²) in [5.74, 6) is 2.09. The predicted molar refractivity (Wildman–Crippen MR) is 265 cm³/mol. The van der Waals surface area contributed by atoms with Gasteiger partial charge in [-0.15, -0.1) is 0 Å². The summed E-state index contributed by atoms with van der Waals surface area (Å²) in [5.41, 5.74) is 23.4. The number of piperidine rings is 4. The van der Waals surface area contributed by atoms with Crippen LogP contribution in [0.3, 0.4) is 0 Å². The largest absolute Gasteiger partial charge is 0.433 e. The molecular weight excluding hydrogens is 862 g/mol. The fraction of sp³-hybridized carbons (Fsp3) is 0.489. The zero-order chi connectivity index (χ0) is 45.9. The summed E-state index contributed by atoms with van der Waals surface area (Å²) in [4.78, 5) is 43.3. The number of likely N-dealkylation sites (tertiary alicyclic amines) is 4. The van der Waals surface area contributed by atoms with Crippen LogP contribution in [0.15, 0.2) is 73.1 Å². The van der Waals surface area contributed by atoms with E-state index in [0.717, 1.165) is 134 Å². The molecule has 0 spiro atoms. The van der Waals surface area contributed by atoms with Gasteiger partial charge in [0.2, 0.25) is 11.8 Å². The Morgan fingerprint density at radius 3 is 1.48 bits per heavy atom. The molecule has 4 aliphatic rings. The number of hydrogen-bond acceptors (Lipinski definition) is 13. The second kappa shape index (κ2) is 23.0. The summed E-state index contributed by atoms with van der Waals surface area (Å²) in [7, 11) is -0.638. The summed E-state index contributed by atoms with van der Waals surface area (Å²) < 4.78 is 0. The number of amides is 2. The number of aromatic nitrogens is 2. The maximum atomic E-state index is 13.1. The number of nitrogens with one attached hydrogen (secondary N) is 3. The van der Waals surface area contributed by atoms with E-state index in [0.29, 0.717) is 57.0 Å². The van der Waals surface area contributed by atoms with Crippen molar-refractivity contribution in [1.82, 2.24) is 29.6 Å². The Balaban J connectivity index is 0.000000195. The van der Waals surface area contributed by atoms with Gasteiger partial charge in [0.1, 0.15) is 11.6 Å². The molecule has 2 aromatic carbocycles. The molecule has 65 heavy (non-hydrogen) atoms. The summed E-state index contributed by atoms with van der Waals surface area (Å²) in [5, 5.41) is 20.7. The number of benzene rings is 2. The van der Waals surface area contributed by atoms with E-state index >= 15 is 0 Å². The molecule has 2 amide bonds. The monoisotopic (exact) mass is 926 g/mol. The van der Waals surface area contributed by atoms with Crippen LogP contribution < -0.4 is 33.1 Å². The number of nitrogens with two attached hydrogens (primary N) is 3. The van der Waals surface area contributed by atoms with Crippen LogP contribution in [0.5, 0.6) is 0 Å². The van der Waals surface area contributed by atoms with E-state index < -0.39 is 7.05 Å². The number of nitrogens with zero attached hydrogens (tertiary/aromatic N) is 6. The van der Waals surface area contributed by atoms with Gasteiger partial charge in [0.05, 0.1) is 22.7 Å². The summed E-state index contributed by atoms with van der Waals surface area (Å²) in [6.45, 7) is 10.2. The highest BCUT2D eigenvalue weighted by Gasteiger charge is 2.33. The van der Waals surface area contributed by atoms with Gasteiger partial charge in [0.25, 0.3) is 0 Å². The number of hydrogen-bond donors (Lipinski definition) is 7. The molecule has 348 valence electrons. The lowest BCUT2D eigenvalue weighted by Gasteiger charge is -2.37. The Morgan fingerprint density at radius 2 is 1.06 bits per heavy atom. The van der Waals surface area contributed by atoms with Crippen molar-refractivity contribution in [2.75, 3.05) is 85.4 Å². The third-order valence-electron chi connectivity index (χ3n) is 13.1. The standard InChI is InChI=1S/C24H34BClN6O2.C23H31ClN6O/c1-25(34)30-23-14-17(4-9-28-23)16-31-10-5-18(6-11-31)24(33)32-12-7-20(8-13-32)29-22-3-2-19(26)15-21(22)27;24-18-1-2-21(20(25)14-18)28-19-6-11-30(12-7-19)23(31)17-4-9-29(10-5-17)15-16-3-8-27-22(26)13-16/h2-4,9,14-15,18,20,29,34H,5-8,10-13,16,27H2,1H3,(H,28,30);1-3,8,13-14,17,19,28H,4-7,9-12,15,25H2,(H2,26,27). The van der Waals surface area contributed by atoms with Crippen LogP contribution in [0, 0.1) is 11.8 Å². The summed E-state index contributed by atoms with van der Waals surface area (Å²) in [6.07, 6.45) is 10.8. The molecule has 4 saturated heterocycles. The normalized spacial score (nSPS) is 18.4. The molecule has 0 aliphatic carbocycles. The van der Waals surface area contributed by atoms with Gasteiger partial charge in [-0.05, 0) is 156 Å². The molecule has 0 bridgehead atoms. The van der Waals surface area contributed by atoms with Crippen molar-refractivity contribution in [3.05, 3.63) is 94.2 Å². The molecule has 0 atom stereocenters. The molecule has 0 radical (unpaired) electrons. The molecule has 8 rings (SSSR count). The van der Waals surface area contributed by atoms with Crippen LogP contribution in [0.4, 0.5) is 34.4 Å². The molecule has 15 nitrogen and oxygen atoms in total. The minimum atomic E-state index is -0.638. The van der Waals surface area contributed by atoms with Crippen molar-refractivity contribution in [2.24, 2.45) is 11.8 Å². The van der Waals surface area contributed by atoms with Gasteiger partial charge in [-0.25, -0.2) is 9.97 Å². The topological polar surface area (TPSA) is 207 Å². The number of carbonyl (C=O) groups excluding carboxylic acids is 2. The third kappa shape index (κ3) is 14.0. The van der Waals surface area contributed by atoms with Gasteiger partial charge >= 0.3 is 7.05 Å². The predicted octanol–water partition coefficient (Wildman–Crippen LogP) is 6.37. The maximum Gasteiger partial charge on any atom is 0.408 e. The third-order valence-corrected chi connectivity index (χ3v) is 13.5. The van der Waals surface area contributed by atoms with E-state index in [4.69, 9.17) is 40.4 Å². The van der Waals surface area contributed by atoms with E-state index in [1.54, 1.807) is 31.3 Å². The van der Waals surface area contributed by atoms with Gasteiger partial charge in [0, 0.05) is 85.6 Å². The quantitative estimate of drug-likeness (QED) is 0.0610. The number of anilines is 6. The lowest BCUT2D eigenvalue weighted by Crippen LogP contribution is -2.47. The number of nitrogen functional groups attached to an aromatic ring is 3. The van der Waals surface area contributed by atoms with E-state index in [-0.39, 0.29) is 11.8 Å². The van der Waals surface area contributed by atoms with Crippen LogP contribution in [-0.2, 0) is 22.7 Å². The van der Waals surface area contributed by atoms with Crippen LogP contribution >= 0.6 is 23.2 Å². The van der Waals surface area contributed by atoms with E-state index in [1.165, 1.54) is 5.56 Å². The van der Waals surface area contributed by atoms with Gasteiger partial charge in [0.15, 0.2) is 0 Å². The molecular formula is C47H65BCl2N12O3. The molecule has 4 aromatic rings. The Kier molecular flexibility index (Phi) is 16.9. The van der Waals surface area contributed by atoms with E-state index in [1.807, 2.05) is 58.3 Å². The lowest BCUT2D eigenvalue weighted by atomic mass is 9.89. The zero-order valence-corrected chi connectivity index (χ0v) is 39.0. The van der Waals surface area contributed by atoms with Crippen LogP contribution in [0.2, 0.25) is 16.9 Å². The smallest absolute Gasteiger partial charge is 0.408 e. The van der Waals surface area contributed by atoms with Crippen molar-refractivity contribution in [1.29, 1.82) is 0 Å². The van der Waals surface area contributed by atoms with Crippen LogP contribution in [-0.4, -0.2) is 118 Å². The molecule has 2 aromatic heterocycles. The van der Waals surface area contributed by atoms with Gasteiger partial charge in [-0.3, -0.25) is 19.4 Å². The van der Waals surface area contributed by atoms with Gasteiger partial charge in [-0.1, -0.05) is 23.2 Å². The zero-order valence-electron chi connectivity index (χ0n) is 37.5. The maximum absolute atomic E-state index is 13.1. The van der Waals surface area contributed by atoms with Crippen LogP contribution in [0.1, 0.15) is 62.5 Å². The highest BCUT2D eigenvalue weighted by Crippen LogP contribution is 2.29. The number of rotatable bonds is 12. The first-order valence-electron chi connectivity index (χ1n) is 23.1. The SMILES string of the molecule is CB(O)Nc1cc(CN2CCC(C(=O)N3CCC(Nc4ccc(Cl)cc4N)CC3)CC2)ccn1.Nc1cc(CN2CCC(C(=O)N3CCC(Nc4ccc(Cl)cc4N)CC3)CC2)ccn1. The first kappa shape index (κ1) is 48.0. The summed E-state index contributed by atoms with van der Waals surface area (Å²) in [6, 6.07) is 19.6. The molecule has 4 aliphatic heterocycles. The molecule has 10 N–H and O–H groups in total. The Bertz CT molecular complexity index is 2190. The van der Waals surface area contributed by atoms with Crippen molar-refractivity contribution in [3.63, 3.8) is 0 Å². The number of pyridine rings is 2. The molecule has 0 unspecified atom stereocenters. The Hall–Kier alpha value is -5.00. The average Bonchev–Trinajstić information content (AvgIpc) is 3.29. The molecule has 4 fully saturated rings. The first-order valence-corrected chi connectivity index (χ1v) is 23.9. The lowest BCUT2D eigenvalue weighted by molar-refractivity contribution is -0.138. The van der Waals surface area contributed by atoms with Crippen molar-refractivity contribution in [3.8, 4) is 0 Å². The average molecular weight is 928 g/mol. The van der Waals surface area contributed by atoms with E-state index in [2.05, 4.69) is 35.6 Å².